The number of anilines is 2. The lowest BCUT2D eigenvalue weighted by Crippen LogP contribution is -2.32. The number of rotatable bonds is 8. The Morgan fingerprint density at radius 3 is 2.33 bits per heavy atom. The minimum absolute atomic E-state index is 0.621. The second kappa shape index (κ2) is 7.84. The summed E-state index contributed by atoms with van der Waals surface area (Å²) in [5.74, 6) is 1.54. The SMILES string of the molecule is CNc1ncc(C)c(N(CCOC)CCOC)n1. The fourth-order valence-electron chi connectivity index (χ4n) is 1.60. The van der Waals surface area contributed by atoms with E-state index in [-0.39, 0.29) is 0 Å². The van der Waals surface area contributed by atoms with E-state index < -0.39 is 0 Å². The highest BCUT2D eigenvalue weighted by atomic mass is 16.5. The highest BCUT2D eigenvalue weighted by Gasteiger charge is 2.12. The molecule has 18 heavy (non-hydrogen) atoms. The van der Waals surface area contributed by atoms with Gasteiger partial charge in [-0.2, -0.15) is 4.98 Å². The Morgan fingerprint density at radius 1 is 1.22 bits per heavy atom. The summed E-state index contributed by atoms with van der Waals surface area (Å²) in [4.78, 5) is 10.8. The summed E-state index contributed by atoms with van der Waals surface area (Å²) in [6.45, 7) is 4.87. The smallest absolute Gasteiger partial charge is 0.224 e. The van der Waals surface area contributed by atoms with Crippen LogP contribution in [-0.2, 0) is 9.47 Å². The van der Waals surface area contributed by atoms with Crippen LogP contribution in [0.4, 0.5) is 11.8 Å². The van der Waals surface area contributed by atoms with Crippen LogP contribution in [0.5, 0.6) is 0 Å². The molecule has 0 aromatic carbocycles. The topological polar surface area (TPSA) is 59.5 Å². The van der Waals surface area contributed by atoms with Gasteiger partial charge in [-0.15, -0.1) is 0 Å². The summed E-state index contributed by atoms with van der Waals surface area (Å²) in [5.41, 5.74) is 1.04. The van der Waals surface area contributed by atoms with Gasteiger partial charge >= 0.3 is 0 Å². The lowest BCUT2D eigenvalue weighted by Gasteiger charge is -2.24. The molecule has 0 amide bonds. The Hall–Kier alpha value is -1.40. The molecule has 1 aromatic rings. The van der Waals surface area contributed by atoms with Gasteiger partial charge in [0.05, 0.1) is 13.2 Å². The van der Waals surface area contributed by atoms with Crippen molar-refractivity contribution in [3.63, 3.8) is 0 Å². The van der Waals surface area contributed by atoms with E-state index in [4.69, 9.17) is 9.47 Å². The highest BCUT2D eigenvalue weighted by molar-refractivity contribution is 5.48. The van der Waals surface area contributed by atoms with Gasteiger partial charge < -0.3 is 19.7 Å². The molecule has 1 N–H and O–H groups in total. The van der Waals surface area contributed by atoms with Crippen LogP contribution < -0.4 is 10.2 Å². The van der Waals surface area contributed by atoms with Gasteiger partial charge in [-0.3, -0.25) is 0 Å². The van der Waals surface area contributed by atoms with Gasteiger partial charge in [0, 0.05) is 46.1 Å². The Morgan fingerprint density at radius 2 is 1.83 bits per heavy atom. The standard InChI is InChI=1S/C12H22N4O2/c1-10-9-14-12(13-2)15-11(10)16(5-7-17-3)6-8-18-4/h9H,5-8H2,1-4H3,(H,13,14,15). The lowest BCUT2D eigenvalue weighted by atomic mass is 10.3. The van der Waals surface area contributed by atoms with Crippen molar-refractivity contribution in [3.05, 3.63) is 11.8 Å². The van der Waals surface area contributed by atoms with Crippen molar-refractivity contribution in [2.45, 2.75) is 6.92 Å². The number of aromatic nitrogens is 2. The van der Waals surface area contributed by atoms with E-state index in [1.54, 1.807) is 14.2 Å². The highest BCUT2D eigenvalue weighted by Crippen LogP contribution is 2.17. The fraction of sp³-hybridized carbons (Fsp3) is 0.667. The second-order valence-electron chi connectivity index (χ2n) is 3.92. The van der Waals surface area contributed by atoms with Gasteiger partial charge in [0.25, 0.3) is 0 Å². The summed E-state index contributed by atoms with van der Waals surface area (Å²) in [7, 11) is 5.20. The maximum Gasteiger partial charge on any atom is 0.224 e. The third kappa shape index (κ3) is 4.12. The molecule has 1 rings (SSSR count). The number of ether oxygens (including phenoxy) is 2. The predicted molar refractivity (Wildman–Crippen MR) is 72.3 cm³/mol. The predicted octanol–water partition coefficient (Wildman–Crippen LogP) is 0.926. The fourth-order valence-corrected chi connectivity index (χ4v) is 1.60. The first kappa shape index (κ1) is 14.7. The molecule has 0 spiro atoms. The largest absolute Gasteiger partial charge is 0.383 e. The Bertz CT molecular complexity index is 352. The summed E-state index contributed by atoms with van der Waals surface area (Å²) < 4.78 is 10.3. The summed E-state index contributed by atoms with van der Waals surface area (Å²) in [6, 6.07) is 0. The molecule has 0 bridgehead atoms. The molecule has 0 saturated carbocycles. The normalized spacial score (nSPS) is 10.4. The van der Waals surface area contributed by atoms with E-state index in [2.05, 4.69) is 20.2 Å². The van der Waals surface area contributed by atoms with Gasteiger partial charge in [-0.05, 0) is 6.92 Å². The monoisotopic (exact) mass is 254 g/mol. The molecule has 6 heteroatoms. The van der Waals surface area contributed by atoms with Crippen LogP contribution in [0.15, 0.2) is 6.20 Å². The molecular weight excluding hydrogens is 232 g/mol. The zero-order chi connectivity index (χ0) is 13.4. The van der Waals surface area contributed by atoms with Gasteiger partial charge in [-0.1, -0.05) is 0 Å². The lowest BCUT2D eigenvalue weighted by molar-refractivity contribution is 0.190. The van der Waals surface area contributed by atoms with Crippen LogP contribution in [0.25, 0.3) is 0 Å². The number of hydrogen-bond donors (Lipinski definition) is 1. The maximum absolute atomic E-state index is 5.13. The van der Waals surface area contributed by atoms with E-state index >= 15 is 0 Å². The minimum Gasteiger partial charge on any atom is -0.383 e. The van der Waals surface area contributed by atoms with Crippen molar-refractivity contribution in [2.24, 2.45) is 0 Å². The third-order valence-corrected chi connectivity index (χ3v) is 2.60. The van der Waals surface area contributed by atoms with Crippen molar-refractivity contribution in [2.75, 3.05) is 57.8 Å². The average molecular weight is 254 g/mol. The second-order valence-corrected chi connectivity index (χ2v) is 3.92. The Balaban J connectivity index is 2.87. The molecule has 0 unspecified atom stereocenters. The van der Waals surface area contributed by atoms with Crippen LogP contribution in [0, 0.1) is 6.92 Å². The number of aryl methyl sites for hydroxylation is 1. The van der Waals surface area contributed by atoms with Crippen LogP contribution >= 0.6 is 0 Å². The number of nitrogens with zero attached hydrogens (tertiary/aromatic N) is 3. The summed E-state index contributed by atoms with van der Waals surface area (Å²) >= 11 is 0. The molecule has 0 atom stereocenters. The molecule has 0 radical (unpaired) electrons. The van der Waals surface area contributed by atoms with Crippen LogP contribution in [0.2, 0.25) is 0 Å². The van der Waals surface area contributed by atoms with Gasteiger partial charge in [0.2, 0.25) is 5.95 Å². The molecule has 1 aromatic heterocycles. The number of nitrogens with one attached hydrogen (secondary N) is 1. The van der Waals surface area contributed by atoms with E-state index in [1.807, 2.05) is 20.2 Å². The zero-order valence-corrected chi connectivity index (χ0v) is 11.6. The van der Waals surface area contributed by atoms with Crippen LogP contribution in [-0.4, -0.2) is 57.5 Å². The first-order chi connectivity index (χ1) is 8.72. The summed E-state index contributed by atoms with van der Waals surface area (Å²) in [5, 5.41) is 2.95. The van der Waals surface area contributed by atoms with E-state index in [1.165, 1.54) is 0 Å². The molecule has 1 heterocycles. The molecular formula is C12H22N4O2. The first-order valence-electron chi connectivity index (χ1n) is 5.97. The Labute approximate surface area is 108 Å². The van der Waals surface area contributed by atoms with Crippen LogP contribution in [0.3, 0.4) is 0 Å². The van der Waals surface area contributed by atoms with E-state index in [0.29, 0.717) is 19.2 Å². The molecule has 102 valence electrons. The van der Waals surface area contributed by atoms with Gasteiger partial charge in [0.15, 0.2) is 0 Å². The van der Waals surface area contributed by atoms with Crippen molar-refractivity contribution in [3.8, 4) is 0 Å². The quantitative estimate of drug-likeness (QED) is 0.744. The average Bonchev–Trinajstić information content (AvgIpc) is 2.40. The van der Waals surface area contributed by atoms with E-state index in [0.717, 1.165) is 24.5 Å². The number of hydrogen-bond acceptors (Lipinski definition) is 6. The molecule has 0 fully saturated rings. The molecule has 0 saturated heterocycles. The molecule has 0 aliphatic rings. The summed E-state index contributed by atoms with van der Waals surface area (Å²) in [6.07, 6.45) is 1.82. The molecule has 0 aliphatic heterocycles. The van der Waals surface area contributed by atoms with Gasteiger partial charge in [0.1, 0.15) is 5.82 Å². The minimum atomic E-state index is 0.621. The zero-order valence-electron chi connectivity index (χ0n) is 11.6. The van der Waals surface area contributed by atoms with Crippen molar-refractivity contribution in [1.29, 1.82) is 0 Å². The maximum atomic E-state index is 5.13. The molecule has 0 aliphatic carbocycles. The number of methoxy groups -OCH3 is 2. The van der Waals surface area contributed by atoms with Crippen LogP contribution in [0.1, 0.15) is 5.56 Å². The van der Waals surface area contributed by atoms with E-state index in [9.17, 15) is 0 Å². The Kier molecular flexibility index (Phi) is 6.38. The van der Waals surface area contributed by atoms with Crippen molar-refractivity contribution >= 4 is 11.8 Å². The molecule has 6 nitrogen and oxygen atoms in total. The van der Waals surface area contributed by atoms with Crippen molar-refractivity contribution < 1.29 is 9.47 Å². The third-order valence-electron chi connectivity index (χ3n) is 2.60. The van der Waals surface area contributed by atoms with Gasteiger partial charge in [-0.25, -0.2) is 4.98 Å². The first-order valence-corrected chi connectivity index (χ1v) is 5.97. The van der Waals surface area contributed by atoms with Crippen molar-refractivity contribution in [1.82, 2.24) is 9.97 Å².